The van der Waals surface area contributed by atoms with Crippen molar-refractivity contribution in [1.82, 2.24) is 5.32 Å². The van der Waals surface area contributed by atoms with Crippen molar-refractivity contribution in [1.29, 1.82) is 0 Å². The highest BCUT2D eigenvalue weighted by atomic mass is 32.2. The van der Waals surface area contributed by atoms with Gasteiger partial charge in [0.1, 0.15) is 0 Å². The Balaban J connectivity index is 1.63. The normalized spacial score (nSPS) is 10.2. The topological polar surface area (TPSA) is 44.4 Å². The van der Waals surface area contributed by atoms with E-state index in [1.165, 1.54) is 5.56 Å². The summed E-state index contributed by atoms with van der Waals surface area (Å²) in [5.41, 5.74) is 3.21. The van der Waals surface area contributed by atoms with Crippen LogP contribution in [-0.4, -0.2) is 32.4 Å². The van der Waals surface area contributed by atoms with Crippen LogP contribution in [0.1, 0.15) is 5.56 Å². The quantitative estimate of drug-likeness (QED) is 0.759. The molecule has 4 nitrogen and oxygen atoms in total. The van der Waals surface area contributed by atoms with Crippen LogP contribution < -0.4 is 15.5 Å². The lowest BCUT2D eigenvalue weighted by Crippen LogP contribution is -2.30. The van der Waals surface area contributed by atoms with E-state index >= 15 is 0 Å². The predicted molar refractivity (Wildman–Crippen MR) is 100 cm³/mol. The predicted octanol–water partition coefficient (Wildman–Crippen LogP) is 3.81. The SMILES string of the molecule is CN(C)c1ccc(NC(=O)NCCSCc2ccccc2)cc1. The number of nitrogens with one attached hydrogen (secondary N) is 2. The van der Waals surface area contributed by atoms with E-state index in [4.69, 9.17) is 0 Å². The second-order valence-corrected chi connectivity index (χ2v) is 6.47. The van der Waals surface area contributed by atoms with Gasteiger partial charge in [0, 0.05) is 43.5 Å². The van der Waals surface area contributed by atoms with Crippen LogP contribution >= 0.6 is 11.8 Å². The van der Waals surface area contributed by atoms with Gasteiger partial charge < -0.3 is 15.5 Å². The molecule has 2 aromatic rings. The van der Waals surface area contributed by atoms with Crippen molar-refractivity contribution in [2.75, 3.05) is 36.6 Å². The van der Waals surface area contributed by atoms with Crippen LogP contribution in [0, 0.1) is 0 Å². The summed E-state index contributed by atoms with van der Waals surface area (Å²) in [5.74, 6) is 1.86. The number of urea groups is 1. The third-order valence-electron chi connectivity index (χ3n) is 3.29. The first kappa shape index (κ1) is 17.2. The second-order valence-electron chi connectivity index (χ2n) is 5.36. The maximum Gasteiger partial charge on any atom is 0.319 e. The Bertz CT molecular complexity index is 599. The molecular formula is C18H23N3OS. The number of nitrogens with zero attached hydrogens (tertiary/aromatic N) is 1. The third kappa shape index (κ3) is 6.24. The lowest BCUT2D eigenvalue weighted by Gasteiger charge is -2.13. The van der Waals surface area contributed by atoms with Crippen molar-refractivity contribution < 1.29 is 4.79 Å². The average Bonchev–Trinajstić information content (AvgIpc) is 2.56. The summed E-state index contributed by atoms with van der Waals surface area (Å²) >= 11 is 1.81. The summed E-state index contributed by atoms with van der Waals surface area (Å²) in [5, 5.41) is 5.71. The molecule has 23 heavy (non-hydrogen) atoms. The van der Waals surface area contributed by atoms with E-state index in [9.17, 15) is 4.79 Å². The van der Waals surface area contributed by atoms with Crippen molar-refractivity contribution in [3.05, 3.63) is 60.2 Å². The Kier molecular flexibility index (Phi) is 6.81. The number of anilines is 2. The summed E-state index contributed by atoms with van der Waals surface area (Å²) in [6.45, 7) is 0.652. The maximum atomic E-state index is 11.8. The zero-order chi connectivity index (χ0) is 16.5. The molecule has 0 aliphatic rings. The molecule has 0 aromatic heterocycles. The lowest BCUT2D eigenvalue weighted by atomic mass is 10.2. The summed E-state index contributed by atoms with van der Waals surface area (Å²) in [6.07, 6.45) is 0. The van der Waals surface area contributed by atoms with Gasteiger partial charge >= 0.3 is 6.03 Å². The molecule has 0 spiro atoms. The summed E-state index contributed by atoms with van der Waals surface area (Å²) in [4.78, 5) is 13.8. The molecule has 2 aromatic carbocycles. The highest BCUT2D eigenvalue weighted by Gasteiger charge is 2.02. The molecule has 0 fully saturated rings. The minimum Gasteiger partial charge on any atom is -0.378 e. The van der Waals surface area contributed by atoms with Gasteiger partial charge in [-0.15, -0.1) is 0 Å². The highest BCUT2D eigenvalue weighted by Crippen LogP contribution is 2.15. The summed E-state index contributed by atoms with van der Waals surface area (Å²) in [6, 6.07) is 17.9. The van der Waals surface area contributed by atoms with E-state index in [2.05, 4.69) is 22.8 Å². The van der Waals surface area contributed by atoms with E-state index in [1.54, 1.807) is 0 Å². The smallest absolute Gasteiger partial charge is 0.319 e. The molecule has 0 saturated carbocycles. The Morgan fingerprint density at radius 2 is 1.74 bits per heavy atom. The molecule has 2 N–H and O–H groups in total. The van der Waals surface area contributed by atoms with Crippen molar-refractivity contribution in [3.63, 3.8) is 0 Å². The van der Waals surface area contributed by atoms with Crippen LogP contribution in [0.5, 0.6) is 0 Å². The van der Waals surface area contributed by atoms with E-state index < -0.39 is 0 Å². The molecule has 0 heterocycles. The number of thioether (sulfide) groups is 1. The fraction of sp³-hybridized carbons (Fsp3) is 0.278. The molecule has 0 aliphatic carbocycles. The fourth-order valence-electron chi connectivity index (χ4n) is 2.02. The monoisotopic (exact) mass is 329 g/mol. The van der Waals surface area contributed by atoms with Gasteiger partial charge in [-0.2, -0.15) is 11.8 Å². The largest absolute Gasteiger partial charge is 0.378 e. The van der Waals surface area contributed by atoms with Gasteiger partial charge in [0.25, 0.3) is 0 Å². The first-order chi connectivity index (χ1) is 11.1. The Morgan fingerprint density at radius 1 is 1.04 bits per heavy atom. The van der Waals surface area contributed by atoms with Gasteiger partial charge in [-0.05, 0) is 29.8 Å². The van der Waals surface area contributed by atoms with Crippen molar-refractivity contribution in [3.8, 4) is 0 Å². The molecule has 0 unspecified atom stereocenters. The number of benzene rings is 2. The number of hydrogen-bond donors (Lipinski definition) is 2. The van der Waals surface area contributed by atoms with Crippen molar-refractivity contribution >= 4 is 29.2 Å². The Labute approximate surface area is 142 Å². The first-order valence-electron chi connectivity index (χ1n) is 7.59. The molecule has 2 amide bonds. The van der Waals surface area contributed by atoms with Crippen LogP contribution in [0.3, 0.4) is 0 Å². The van der Waals surface area contributed by atoms with E-state index in [0.29, 0.717) is 6.54 Å². The molecular weight excluding hydrogens is 306 g/mol. The zero-order valence-corrected chi connectivity index (χ0v) is 14.4. The third-order valence-corrected chi connectivity index (χ3v) is 4.32. The van der Waals surface area contributed by atoms with E-state index in [0.717, 1.165) is 22.9 Å². The van der Waals surface area contributed by atoms with Crippen LogP contribution in [0.2, 0.25) is 0 Å². The molecule has 0 radical (unpaired) electrons. The zero-order valence-electron chi connectivity index (χ0n) is 13.6. The minimum absolute atomic E-state index is 0.164. The molecule has 5 heteroatoms. The van der Waals surface area contributed by atoms with E-state index in [1.807, 2.05) is 73.2 Å². The number of carbonyl (C=O) groups is 1. The number of hydrogen-bond acceptors (Lipinski definition) is 3. The average molecular weight is 329 g/mol. The minimum atomic E-state index is -0.164. The Morgan fingerprint density at radius 3 is 2.39 bits per heavy atom. The second kappa shape index (κ2) is 9.10. The van der Waals surface area contributed by atoms with Crippen molar-refractivity contribution in [2.45, 2.75) is 5.75 Å². The van der Waals surface area contributed by atoms with Gasteiger partial charge in [-0.3, -0.25) is 0 Å². The van der Waals surface area contributed by atoms with Gasteiger partial charge in [0.15, 0.2) is 0 Å². The van der Waals surface area contributed by atoms with Crippen LogP contribution in [0.15, 0.2) is 54.6 Å². The van der Waals surface area contributed by atoms with E-state index in [-0.39, 0.29) is 6.03 Å². The van der Waals surface area contributed by atoms with Gasteiger partial charge in [-0.1, -0.05) is 30.3 Å². The number of amides is 2. The first-order valence-corrected chi connectivity index (χ1v) is 8.74. The molecule has 0 atom stereocenters. The Hall–Kier alpha value is -2.14. The summed E-state index contributed by atoms with van der Waals surface area (Å²) < 4.78 is 0. The molecule has 0 aliphatic heterocycles. The fourth-order valence-corrected chi connectivity index (χ4v) is 2.84. The molecule has 122 valence electrons. The lowest BCUT2D eigenvalue weighted by molar-refractivity contribution is 0.252. The van der Waals surface area contributed by atoms with Crippen molar-refractivity contribution in [2.24, 2.45) is 0 Å². The summed E-state index contributed by atoms with van der Waals surface area (Å²) in [7, 11) is 3.98. The molecule has 2 rings (SSSR count). The van der Waals surface area contributed by atoms with Crippen LogP contribution in [-0.2, 0) is 5.75 Å². The number of carbonyl (C=O) groups excluding carboxylic acids is 1. The van der Waals surface area contributed by atoms with Gasteiger partial charge in [-0.25, -0.2) is 4.79 Å². The maximum absolute atomic E-state index is 11.8. The highest BCUT2D eigenvalue weighted by molar-refractivity contribution is 7.98. The molecule has 0 saturated heterocycles. The van der Waals surface area contributed by atoms with Gasteiger partial charge in [0.2, 0.25) is 0 Å². The standard InChI is InChI=1S/C18H23N3OS/c1-21(2)17-10-8-16(9-11-17)20-18(22)19-12-13-23-14-15-6-4-3-5-7-15/h3-11H,12-14H2,1-2H3,(H2,19,20,22). The number of rotatable bonds is 7. The van der Waals surface area contributed by atoms with Gasteiger partial charge in [0.05, 0.1) is 0 Å². The molecule has 0 bridgehead atoms. The van der Waals surface area contributed by atoms with Crippen LogP contribution in [0.25, 0.3) is 0 Å². The van der Waals surface area contributed by atoms with Crippen LogP contribution in [0.4, 0.5) is 16.2 Å².